The number of alkyl halides is 3. The highest BCUT2D eigenvalue weighted by Gasteiger charge is 2.31. The van der Waals surface area contributed by atoms with E-state index < -0.39 is 11.7 Å². The van der Waals surface area contributed by atoms with Crippen molar-refractivity contribution in [1.82, 2.24) is 14.9 Å². The third kappa shape index (κ3) is 3.41. The fourth-order valence-electron chi connectivity index (χ4n) is 2.32. The SMILES string of the molecule is CC(CO)CNC(C)c1nc2cc(C(F)(F)F)ccc2n1C. The van der Waals surface area contributed by atoms with Gasteiger partial charge in [0.25, 0.3) is 0 Å². The van der Waals surface area contributed by atoms with Crippen LogP contribution in [0.1, 0.15) is 31.3 Å². The predicted octanol–water partition coefficient (Wildman–Crippen LogP) is 2.87. The van der Waals surface area contributed by atoms with Gasteiger partial charge >= 0.3 is 6.18 Å². The lowest BCUT2D eigenvalue weighted by Gasteiger charge is -2.16. The molecule has 0 saturated carbocycles. The van der Waals surface area contributed by atoms with Gasteiger partial charge in [-0.1, -0.05) is 6.92 Å². The van der Waals surface area contributed by atoms with Crippen LogP contribution in [0.2, 0.25) is 0 Å². The smallest absolute Gasteiger partial charge is 0.396 e. The van der Waals surface area contributed by atoms with E-state index in [0.29, 0.717) is 23.4 Å². The number of halogens is 3. The number of aliphatic hydroxyl groups excluding tert-OH is 1. The monoisotopic (exact) mass is 315 g/mol. The molecule has 0 spiro atoms. The molecule has 22 heavy (non-hydrogen) atoms. The summed E-state index contributed by atoms with van der Waals surface area (Å²) in [6.07, 6.45) is -4.37. The van der Waals surface area contributed by atoms with E-state index in [-0.39, 0.29) is 18.6 Å². The maximum Gasteiger partial charge on any atom is 0.416 e. The fourth-order valence-corrected chi connectivity index (χ4v) is 2.32. The number of nitrogens with one attached hydrogen (secondary N) is 1. The second-order valence-electron chi connectivity index (χ2n) is 5.65. The molecule has 2 unspecified atom stereocenters. The Balaban J connectivity index is 2.29. The quantitative estimate of drug-likeness (QED) is 0.892. The van der Waals surface area contributed by atoms with Crippen LogP contribution in [0.4, 0.5) is 13.2 Å². The van der Waals surface area contributed by atoms with Gasteiger partial charge in [-0.3, -0.25) is 0 Å². The molecule has 2 atom stereocenters. The highest BCUT2D eigenvalue weighted by Crippen LogP contribution is 2.31. The van der Waals surface area contributed by atoms with Crippen LogP contribution >= 0.6 is 0 Å². The molecule has 0 radical (unpaired) electrons. The van der Waals surface area contributed by atoms with E-state index in [0.717, 1.165) is 12.1 Å². The largest absolute Gasteiger partial charge is 0.416 e. The Morgan fingerprint density at radius 3 is 2.59 bits per heavy atom. The van der Waals surface area contributed by atoms with E-state index in [1.54, 1.807) is 11.6 Å². The minimum Gasteiger partial charge on any atom is -0.396 e. The van der Waals surface area contributed by atoms with Gasteiger partial charge in [0.1, 0.15) is 5.82 Å². The Kier molecular flexibility index (Phi) is 4.77. The molecule has 0 fully saturated rings. The van der Waals surface area contributed by atoms with Gasteiger partial charge in [-0.2, -0.15) is 13.2 Å². The summed E-state index contributed by atoms with van der Waals surface area (Å²) in [7, 11) is 1.78. The van der Waals surface area contributed by atoms with Crippen molar-refractivity contribution in [1.29, 1.82) is 0 Å². The molecule has 1 aromatic heterocycles. The molecule has 0 saturated heterocycles. The van der Waals surface area contributed by atoms with E-state index in [2.05, 4.69) is 10.3 Å². The molecule has 0 amide bonds. The van der Waals surface area contributed by atoms with Crippen LogP contribution in [-0.4, -0.2) is 27.8 Å². The minimum atomic E-state index is -4.37. The zero-order valence-corrected chi connectivity index (χ0v) is 12.8. The summed E-state index contributed by atoms with van der Waals surface area (Å²) in [5.74, 6) is 0.772. The summed E-state index contributed by atoms with van der Waals surface area (Å²) in [6, 6.07) is 3.46. The molecule has 2 rings (SSSR count). The van der Waals surface area contributed by atoms with Crippen LogP contribution in [0, 0.1) is 5.92 Å². The lowest BCUT2D eigenvalue weighted by Crippen LogP contribution is -2.27. The molecule has 0 aliphatic carbocycles. The highest BCUT2D eigenvalue weighted by atomic mass is 19.4. The van der Waals surface area contributed by atoms with Crippen LogP contribution in [0.3, 0.4) is 0 Å². The minimum absolute atomic E-state index is 0.0806. The molecule has 0 aliphatic rings. The van der Waals surface area contributed by atoms with E-state index in [1.807, 2.05) is 13.8 Å². The number of aromatic nitrogens is 2. The molecule has 2 aromatic rings. The van der Waals surface area contributed by atoms with Crippen LogP contribution < -0.4 is 5.32 Å². The fraction of sp³-hybridized carbons (Fsp3) is 0.533. The van der Waals surface area contributed by atoms with Crippen molar-refractivity contribution in [3.05, 3.63) is 29.6 Å². The Hall–Kier alpha value is -1.60. The number of nitrogens with zero attached hydrogens (tertiary/aromatic N) is 2. The first-order chi connectivity index (χ1) is 10.2. The van der Waals surface area contributed by atoms with Crippen LogP contribution in [0.15, 0.2) is 18.2 Å². The number of imidazole rings is 1. The Bertz CT molecular complexity index is 651. The molecule has 1 aromatic carbocycles. The molecule has 2 N–H and O–H groups in total. The molecular formula is C15H20F3N3O. The first kappa shape index (κ1) is 16.8. The average Bonchev–Trinajstić information content (AvgIpc) is 2.80. The van der Waals surface area contributed by atoms with Gasteiger partial charge in [0, 0.05) is 20.2 Å². The number of aliphatic hydroxyl groups is 1. The second-order valence-corrected chi connectivity index (χ2v) is 5.65. The Morgan fingerprint density at radius 2 is 2.00 bits per heavy atom. The van der Waals surface area contributed by atoms with Crippen LogP contribution in [0.5, 0.6) is 0 Å². The number of rotatable bonds is 5. The van der Waals surface area contributed by atoms with Gasteiger partial charge in [0.15, 0.2) is 0 Å². The summed E-state index contributed by atoms with van der Waals surface area (Å²) in [4.78, 5) is 4.33. The van der Waals surface area contributed by atoms with Crippen molar-refractivity contribution in [2.24, 2.45) is 13.0 Å². The maximum absolute atomic E-state index is 12.8. The summed E-state index contributed by atoms with van der Waals surface area (Å²) in [5, 5.41) is 12.3. The zero-order valence-electron chi connectivity index (χ0n) is 12.8. The molecule has 4 nitrogen and oxygen atoms in total. The van der Waals surface area contributed by atoms with Crippen molar-refractivity contribution in [2.75, 3.05) is 13.2 Å². The summed E-state index contributed by atoms with van der Waals surface area (Å²) in [6.45, 7) is 4.49. The number of hydrogen-bond acceptors (Lipinski definition) is 3. The lowest BCUT2D eigenvalue weighted by atomic mass is 10.2. The van der Waals surface area contributed by atoms with Crippen molar-refractivity contribution in [3.8, 4) is 0 Å². The van der Waals surface area contributed by atoms with Gasteiger partial charge in [-0.05, 0) is 31.0 Å². The first-order valence-corrected chi connectivity index (χ1v) is 7.11. The van der Waals surface area contributed by atoms with E-state index in [1.165, 1.54) is 6.07 Å². The number of benzene rings is 1. The van der Waals surface area contributed by atoms with Gasteiger partial charge in [-0.15, -0.1) is 0 Å². The third-order valence-electron chi connectivity index (χ3n) is 3.71. The van der Waals surface area contributed by atoms with Crippen LogP contribution in [0.25, 0.3) is 11.0 Å². The normalized spacial score (nSPS) is 15.2. The van der Waals surface area contributed by atoms with Crippen LogP contribution in [-0.2, 0) is 13.2 Å². The van der Waals surface area contributed by atoms with Gasteiger partial charge < -0.3 is 15.0 Å². The van der Waals surface area contributed by atoms with Crippen molar-refractivity contribution >= 4 is 11.0 Å². The number of hydrogen-bond donors (Lipinski definition) is 2. The van der Waals surface area contributed by atoms with E-state index in [4.69, 9.17) is 5.11 Å². The van der Waals surface area contributed by atoms with E-state index >= 15 is 0 Å². The third-order valence-corrected chi connectivity index (χ3v) is 3.71. The maximum atomic E-state index is 12.8. The van der Waals surface area contributed by atoms with Gasteiger partial charge in [0.05, 0.1) is 22.6 Å². The number of aryl methyl sites for hydroxylation is 1. The lowest BCUT2D eigenvalue weighted by molar-refractivity contribution is -0.137. The highest BCUT2D eigenvalue weighted by molar-refractivity contribution is 5.77. The standard InChI is InChI=1S/C15H20F3N3O/c1-9(8-22)7-19-10(2)14-20-12-6-11(15(16,17)18)4-5-13(12)21(14)3/h4-6,9-10,19,22H,7-8H2,1-3H3. The molecule has 0 aliphatic heterocycles. The topological polar surface area (TPSA) is 50.1 Å². The van der Waals surface area contributed by atoms with Crippen molar-refractivity contribution < 1.29 is 18.3 Å². The average molecular weight is 315 g/mol. The van der Waals surface area contributed by atoms with E-state index in [9.17, 15) is 13.2 Å². The molecular weight excluding hydrogens is 295 g/mol. The van der Waals surface area contributed by atoms with Crippen molar-refractivity contribution in [2.45, 2.75) is 26.1 Å². The Labute approximate surface area is 127 Å². The molecule has 122 valence electrons. The summed E-state index contributed by atoms with van der Waals surface area (Å²) in [5.41, 5.74) is 0.294. The molecule has 0 bridgehead atoms. The number of fused-ring (bicyclic) bond motifs is 1. The first-order valence-electron chi connectivity index (χ1n) is 7.11. The molecule has 7 heteroatoms. The predicted molar refractivity (Wildman–Crippen MR) is 78.4 cm³/mol. The summed E-state index contributed by atoms with van der Waals surface area (Å²) < 4.78 is 40.1. The van der Waals surface area contributed by atoms with Gasteiger partial charge in [-0.25, -0.2) is 4.98 Å². The molecule has 1 heterocycles. The Morgan fingerprint density at radius 1 is 1.32 bits per heavy atom. The van der Waals surface area contributed by atoms with Crippen molar-refractivity contribution in [3.63, 3.8) is 0 Å². The zero-order chi connectivity index (χ0) is 16.5. The second kappa shape index (κ2) is 6.26. The van der Waals surface area contributed by atoms with Gasteiger partial charge in [0.2, 0.25) is 0 Å². The summed E-state index contributed by atoms with van der Waals surface area (Å²) >= 11 is 0.